The molecule has 0 atom stereocenters. The number of hydrogen-bond donors (Lipinski definition) is 1. The fraction of sp³-hybridized carbons (Fsp3) is 0.417. The van der Waals surface area contributed by atoms with Crippen LogP contribution in [0.4, 0.5) is 0 Å². The van der Waals surface area contributed by atoms with Crippen LogP contribution in [0.15, 0.2) is 22.8 Å². The Labute approximate surface area is 120 Å². The highest BCUT2D eigenvalue weighted by atomic mass is 32.2. The van der Waals surface area contributed by atoms with Gasteiger partial charge in [-0.25, -0.2) is 0 Å². The van der Waals surface area contributed by atoms with Crippen LogP contribution in [0.3, 0.4) is 0 Å². The summed E-state index contributed by atoms with van der Waals surface area (Å²) in [5.41, 5.74) is 1.18. The zero-order chi connectivity index (χ0) is 14.0. The molecule has 0 saturated carbocycles. The molecule has 0 radical (unpaired) electrons. The average molecular weight is 298 g/mol. The van der Waals surface area contributed by atoms with Gasteiger partial charge in [-0.1, -0.05) is 24.0 Å². The Balaban J connectivity index is 2.12. The molecule has 102 valence electrons. The quantitative estimate of drug-likeness (QED) is 0.628. The number of carboxylic acids is 1. The number of carbonyl (C=O) groups is 2. The van der Waals surface area contributed by atoms with Crippen molar-refractivity contribution in [3.05, 3.63) is 22.8 Å². The summed E-state index contributed by atoms with van der Waals surface area (Å²) in [6, 6.07) is 0. The third-order valence-electron chi connectivity index (χ3n) is 3.01. The van der Waals surface area contributed by atoms with E-state index in [-0.39, 0.29) is 12.5 Å². The van der Waals surface area contributed by atoms with Gasteiger partial charge in [-0.2, -0.15) is 0 Å². The third kappa shape index (κ3) is 3.16. The lowest BCUT2D eigenvalue weighted by Gasteiger charge is -2.11. The van der Waals surface area contributed by atoms with Crippen molar-refractivity contribution >= 4 is 40.2 Å². The second-order valence-electron chi connectivity index (χ2n) is 4.37. The van der Waals surface area contributed by atoms with Gasteiger partial charge in [0.2, 0.25) is 0 Å². The van der Waals surface area contributed by atoms with E-state index in [9.17, 15) is 9.59 Å². The van der Waals surface area contributed by atoms with Gasteiger partial charge in [-0.3, -0.25) is 14.5 Å². The highest BCUT2D eigenvalue weighted by Gasteiger charge is 2.33. The molecule has 0 aromatic carbocycles. The second kappa shape index (κ2) is 5.75. The zero-order valence-electron chi connectivity index (χ0n) is 10.5. The first-order valence-corrected chi connectivity index (χ1v) is 7.09. The van der Waals surface area contributed by atoms with Crippen molar-refractivity contribution in [2.45, 2.75) is 12.8 Å². The van der Waals surface area contributed by atoms with Gasteiger partial charge >= 0.3 is 5.97 Å². The van der Waals surface area contributed by atoms with Gasteiger partial charge in [0.15, 0.2) is 0 Å². The first kappa shape index (κ1) is 14.1. The van der Waals surface area contributed by atoms with E-state index >= 15 is 0 Å². The van der Waals surface area contributed by atoms with Crippen LogP contribution < -0.4 is 0 Å². The summed E-state index contributed by atoms with van der Waals surface area (Å²) in [5, 5.41) is 8.73. The second-order valence-corrected chi connectivity index (χ2v) is 6.04. The number of likely N-dealkylation sites (tertiary alicyclic amines) is 1. The standard InChI is InChI=1S/C12H14N2O3S2/c1-13-6-2-3-8(13)4-5-9-11(17)14(7-10(15)16)12(18)19-9/h4-5H,2-3,6-7H2,1H3,(H,15,16)/b8-4+,9-5+. The summed E-state index contributed by atoms with van der Waals surface area (Å²) >= 11 is 6.17. The van der Waals surface area contributed by atoms with E-state index in [4.69, 9.17) is 17.3 Å². The minimum atomic E-state index is -1.06. The van der Waals surface area contributed by atoms with Crippen LogP contribution in [0.25, 0.3) is 0 Å². The topological polar surface area (TPSA) is 60.9 Å². The summed E-state index contributed by atoms with van der Waals surface area (Å²) in [5.74, 6) is -1.39. The van der Waals surface area contributed by atoms with Gasteiger partial charge < -0.3 is 10.0 Å². The Bertz CT molecular complexity index is 499. The molecule has 2 saturated heterocycles. The van der Waals surface area contributed by atoms with Crippen LogP contribution in [-0.4, -0.2) is 51.2 Å². The Morgan fingerprint density at radius 3 is 2.84 bits per heavy atom. The van der Waals surface area contributed by atoms with E-state index < -0.39 is 5.97 Å². The van der Waals surface area contributed by atoms with Crippen LogP contribution in [-0.2, 0) is 9.59 Å². The van der Waals surface area contributed by atoms with Gasteiger partial charge in [0.1, 0.15) is 10.9 Å². The Morgan fingerprint density at radius 2 is 2.26 bits per heavy atom. The number of aliphatic carboxylic acids is 1. The molecule has 5 nitrogen and oxygen atoms in total. The molecular weight excluding hydrogens is 284 g/mol. The molecule has 0 aromatic rings. The van der Waals surface area contributed by atoms with E-state index in [2.05, 4.69) is 4.90 Å². The number of nitrogens with zero attached hydrogens (tertiary/aromatic N) is 2. The fourth-order valence-electron chi connectivity index (χ4n) is 2.00. The van der Waals surface area contributed by atoms with Gasteiger partial charge in [-0.05, 0) is 25.0 Å². The summed E-state index contributed by atoms with van der Waals surface area (Å²) in [4.78, 5) is 26.4. The van der Waals surface area contributed by atoms with Crippen molar-refractivity contribution in [2.24, 2.45) is 0 Å². The molecule has 2 aliphatic heterocycles. The first-order valence-electron chi connectivity index (χ1n) is 5.86. The van der Waals surface area contributed by atoms with Crippen molar-refractivity contribution in [1.29, 1.82) is 0 Å². The fourth-order valence-corrected chi connectivity index (χ4v) is 3.20. The molecule has 0 bridgehead atoms. The summed E-state index contributed by atoms with van der Waals surface area (Å²) in [7, 11) is 2.02. The number of amides is 1. The van der Waals surface area contributed by atoms with Gasteiger partial charge in [0, 0.05) is 19.3 Å². The maximum absolute atomic E-state index is 12.0. The van der Waals surface area contributed by atoms with Crippen LogP contribution in [0.1, 0.15) is 12.8 Å². The molecule has 2 heterocycles. The number of carbonyl (C=O) groups excluding carboxylic acids is 1. The van der Waals surface area contributed by atoms with E-state index in [0.717, 1.165) is 36.0 Å². The van der Waals surface area contributed by atoms with Crippen LogP contribution in [0.5, 0.6) is 0 Å². The molecule has 0 aliphatic carbocycles. The Kier molecular flexibility index (Phi) is 4.26. The van der Waals surface area contributed by atoms with E-state index in [1.54, 1.807) is 6.08 Å². The first-order chi connectivity index (χ1) is 8.99. The molecule has 0 unspecified atom stereocenters. The minimum Gasteiger partial charge on any atom is -0.480 e. The maximum Gasteiger partial charge on any atom is 0.323 e. The van der Waals surface area contributed by atoms with E-state index in [1.807, 2.05) is 13.1 Å². The van der Waals surface area contributed by atoms with Crippen molar-refractivity contribution in [2.75, 3.05) is 20.1 Å². The largest absolute Gasteiger partial charge is 0.480 e. The zero-order valence-corrected chi connectivity index (χ0v) is 12.1. The monoisotopic (exact) mass is 298 g/mol. The molecule has 1 amide bonds. The molecule has 2 aliphatic rings. The molecule has 2 fully saturated rings. The van der Waals surface area contributed by atoms with Crippen molar-refractivity contribution in [3.8, 4) is 0 Å². The van der Waals surface area contributed by atoms with Gasteiger partial charge in [-0.15, -0.1) is 0 Å². The predicted octanol–water partition coefficient (Wildman–Crippen LogP) is 1.42. The van der Waals surface area contributed by atoms with Gasteiger partial charge in [0.05, 0.1) is 4.91 Å². The normalized spacial score (nSPS) is 24.1. The van der Waals surface area contributed by atoms with Gasteiger partial charge in [0.25, 0.3) is 5.91 Å². The number of allylic oxidation sites excluding steroid dienone is 3. The number of thioether (sulfide) groups is 1. The Morgan fingerprint density at radius 1 is 1.53 bits per heavy atom. The number of carboxylic acid groups (broad SMARTS) is 1. The van der Waals surface area contributed by atoms with Crippen molar-refractivity contribution in [3.63, 3.8) is 0 Å². The number of thiocarbonyl (C=S) groups is 1. The molecule has 1 N–H and O–H groups in total. The lowest BCUT2D eigenvalue weighted by Crippen LogP contribution is -2.33. The third-order valence-corrected chi connectivity index (χ3v) is 4.41. The van der Waals surface area contributed by atoms with Crippen LogP contribution in [0.2, 0.25) is 0 Å². The predicted molar refractivity (Wildman–Crippen MR) is 77.6 cm³/mol. The highest BCUT2D eigenvalue weighted by Crippen LogP contribution is 2.31. The molecule has 0 aromatic heterocycles. The van der Waals surface area contributed by atoms with E-state index in [1.165, 1.54) is 5.70 Å². The molecular formula is C12H14N2O3S2. The Hall–Kier alpha value is -1.34. The smallest absolute Gasteiger partial charge is 0.323 e. The summed E-state index contributed by atoms with van der Waals surface area (Å²) < 4.78 is 0.303. The van der Waals surface area contributed by atoms with Crippen molar-refractivity contribution in [1.82, 2.24) is 9.80 Å². The molecule has 0 spiro atoms. The SMILES string of the molecule is CN1CCC/C1=C\C=C1\SC(=S)N(CC(=O)O)C1=O. The summed E-state index contributed by atoms with van der Waals surface area (Å²) in [6.07, 6.45) is 5.77. The van der Waals surface area contributed by atoms with Crippen molar-refractivity contribution < 1.29 is 14.7 Å². The molecule has 2 rings (SSSR count). The molecule has 19 heavy (non-hydrogen) atoms. The van der Waals surface area contributed by atoms with Crippen LogP contribution in [0, 0.1) is 0 Å². The lowest BCUT2D eigenvalue weighted by atomic mass is 10.3. The lowest BCUT2D eigenvalue weighted by molar-refractivity contribution is -0.140. The minimum absolute atomic E-state index is 0.303. The average Bonchev–Trinajstić information content (AvgIpc) is 2.85. The number of rotatable bonds is 3. The van der Waals surface area contributed by atoms with E-state index in [0.29, 0.717) is 9.23 Å². The summed E-state index contributed by atoms with van der Waals surface area (Å²) in [6.45, 7) is 0.651. The highest BCUT2D eigenvalue weighted by molar-refractivity contribution is 8.26. The number of hydrogen-bond acceptors (Lipinski definition) is 5. The molecule has 7 heteroatoms. The maximum atomic E-state index is 12.0. The van der Waals surface area contributed by atoms with Crippen LogP contribution >= 0.6 is 24.0 Å².